The Bertz CT molecular complexity index is 1350. The summed E-state index contributed by atoms with van der Waals surface area (Å²) < 4.78 is 32.5. The van der Waals surface area contributed by atoms with Gasteiger partial charge in [-0.2, -0.15) is 0 Å². The van der Waals surface area contributed by atoms with Gasteiger partial charge in [-0.05, 0) is 56.7 Å². The second-order valence-corrected chi connectivity index (χ2v) is 7.99. The molecule has 0 fully saturated rings. The Morgan fingerprint density at radius 1 is 1.12 bits per heavy atom. The minimum Gasteiger partial charge on any atom is -0.454 e. The Morgan fingerprint density at radius 3 is 2.59 bits per heavy atom. The fraction of sp³-hybridized carbons (Fsp3) is 0.208. The van der Waals surface area contributed by atoms with Crippen LogP contribution < -0.4 is 10.7 Å². The van der Waals surface area contributed by atoms with Gasteiger partial charge in [0.15, 0.2) is 11.2 Å². The van der Waals surface area contributed by atoms with Gasteiger partial charge in [0.25, 0.3) is 6.43 Å². The van der Waals surface area contributed by atoms with Crippen molar-refractivity contribution in [2.75, 3.05) is 5.32 Å². The summed E-state index contributed by atoms with van der Waals surface area (Å²) in [5.41, 5.74) is 2.68. The van der Waals surface area contributed by atoms with Crippen molar-refractivity contribution in [2.24, 2.45) is 0 Å². The molecule has 0 spiro atoms. The molecular weight excluding hydrogens is 436 g/mol. The number of aromatic nitrogens is 2. The zero-order valence-electron chi connectivity index (χ0n) is 17.6. The molecule has 4 rings (SSSR count). The van der Waals surface area contributed by atoms with Gasteiger partial charge in [0.2, 0.25) is 0 Å². The number of rotatable bonds is 5. The smallest absolute Gasteiger partial charge is 0.280 e. The highest BCUT2D eigenvalue weighted by molar-refractivity contribution is 6.29. The van der Waals surface area contributed by atoms with Crippen molar-refractivity contribution in [1.82, 2.24) is 9.97 Å². The molecular formula is C24H20ClF2N3O2. The lowest BCUT2D eigenvalue weighted by Gasteiger charge is -2.18. The molecule has 5 nitrogen and oxygen atoms in total. The van der Waals surface area contributed by atoms with Crippen molar-refractivity contribution in [1.29, 1.82) is 0 Å². The van der Waals surface area contributed by atoms with E-state index in [0.717, 1.165) is 16.8 Å². The zero-order valence-corrected chi connectivity index (χ0v) is 18.4. The van der Waals surface area contributed by atoms with Crippen LogP contribution in [-0.2, 0) is 0 Å². The van der Waals surface area contributed by atoms with Gasteiger partial charge in [-0.15, -0.1) is 0 Å². The number of pyridine rings is 2. The van der Waals surface area contributed by atoms with E-state index >= 15 is 0 Å². The molecule has 4 aromatic rings. The monoisotopic (exact) mass is 455 g/mol. The standard InChI is InChI=1S/C24H20ClF2N3O2/c1-12-9-16(14(3)29-15-7-8-20(25)28-11-15)23-17(10-12)21(31)13(2)22(32-23)18-5-4-6-19(30-18)24(26)27/h4-11,14,24,29H,1-3H3. The summed E-state index contributed by atoms with van der Waals surface area (Å²) in [4.78, 5) is 21.3. The number of nitrogens with zero attached hydrogens (tertiary/aromatic N) is 2. The van der Waals surface area contributed by atoms with E-state index in [9.17, 15) is 13.6 Å². The fourth-order valence-electron chi connectivity index (χ4n) is 3.62. The zero-order chi connectivity index (χ0) is 23.0. The number of aryl methyl sites for hydroxylation is 1. The highest BCUT2D eigenvalue weighted by atomic mass is 35.5. The van der Waals surface area contributed by atoms with Gasteiger partial charge in [0, 0.05) is 11.1 Å². The van der Waals surface area contributed by atoms with E-state index in [4.69, 9.17) is 16.0 Å². The Hall–Kier alpha value is -3.32. The van der Waals surface area contributed by atoms with Crippen LogP contribution in [0.1, 0.15) is 41.8 Å². The van der Waals surface area contributed by atoms with Crippen LogP contribution in [0.3, 0.4) is 0 Å². The van der Waals surface area contributed by atoms with Crippen molar-refractivity contribution >= 4 is 28.3 Å². The van der Waals surface area contributed by atoms with E-state index in [2.05, 4.69) is 15.3 Å². The van der Waals surface area contributed by atoms with E-state index < -0.39 is 6.43 Å². The molecule has 0 amide bonds. The molecule has 1 aromatic carbocycles. The van der Waals surface area contributed by atoms with Crippen LogP contribution in [-0.4, -0.2) is 9.97 Å². The molecule has 0 aliphatic heterocycles. The first kappa shape index (κ1) is 21.9. The molecule has 0 radical (unpaired) electrons. The van der Waals surface area contributed by atoms with E-state index in [1.807, 2.05) is 19.9 Å². The van der Waals surface area contributed by atoms with Crippen molar-refractivity contribution in [3.8, 4) is 11.5 Å². The Labute approximate surface area is 188 Å². The third-order valence-electron chi connectivity index (χ3n) is 5.20. The molecule has 3 heterocycles. The molecule has 1 N–H and O–H groups in total. The lowest BCUT2D eigenvalue weighted by molar-refractivity contribution is 0.146. The quantitative estimate of drug-likeness (QED) is 0.342. The Kier molecular flexibility index (Phi) is 5.93. The van der Waals surface area contributed by atoms with Crippen LogP contribution in [0.25, 0.3) is 22.4 Å². The second kappa shape index (κ2) is 8.67. The van der Waals surface area contributed by atoms with E-state index in [-0.39, 0.29) is 28.6 Å². The average Bonchev–Trinajstić information content (AvgIpc) is 2.77. The van der Waals surface area contributed by atoms with Crippen LogP contribution in [0, 0.1) is 13.8 Å². The molecule has 0 aliphatic carbocycles. The highest BCUT2D eigenvalue weighted by Gasteiger charge is 2.20. The predicted molar refractivity (Wildman–Crippen MR) is 121 cm³/mol. The van der Waals surface area contributed by atoms with Crippen molar-refractivity contribution in [3.05, 3.63) is 86.4 Å². The number of alkyl halides is 2. The number of benzene rings is 1. The molecule has 32 heavy (non-hydrogen) atoms. The maximum absolute atomic E-state index is 13.2. The predicted octanol–water partition coefficient (Wildman–Crippen LogP) is 6.63. The van der Waals surface area contributed by atoms with Crippen molar-refractivity contribution in [3.63, 3.8) is 0 Å². The van der Waals surface area contributed by atoms with Crippen LogP contribution in [0.4, 0.5) is 14.5 Å². The summed E-state index contributed by atoms with van der Waals surface area (Å²) in [5.74, 6) is 0.176. The van der Waals surface area contributed by atoms with E-state index in [1.54, 1.807) is 37.4 Å². The number of hydrogen-bond donors (Lipinski definition) is 1. The highest BCUT2D eigenvalue weighted by Crippen LogP contribution is 2.32. The first-order valence-corrected chi connectivity index (χ1v) is 10.3. The maximum Gasteiger partial charge on any atom is 0.280 e. The van der Waals surface area contributed by atoms with Gasteiger partial charge < -0.3 is 9.73 Å². The topological polar surface area (TPSA) is 68.0 Å². The number of fused-ring (bicyclic) bond motifs is 1. The maximum atomic E-state index is 13.2. The third-order valence-corrected chi connectivity index (χ3v) is 5.42. The lowest BCUT2D eigenvalue weighted by atomic mass is 9.99. The fourth-order valence-corrected chi connectivity index (χ4v) is 3.73. The molecule has 1 atom stereocenters. The molecule has 164 valence electrons. The number of hydrogen-bond acceptors (Lipinski definition) is 5. The molecule has 3 aromatic heterocycles. The average molecular weight is 456 g/mol. The summed E-state index contributed by atoms with van der Waals surface area (Å²) in [6, 6.07) is 11.2. The number of nitrogens with one attached hydrogen (secondary N) is 1. The van der Waals surface area contributed by atoms with Crippen LogP contribution in [0.2, 0.25) is 5.15 Å². The molecule has 8 heteroatoms. The van der Waals surface area contributed by atoms with Crippen LogP contribution >= 0.6 is 11.6 Å². The summed E-state index contributed by atoms with van der Waals surface area (Å²) >= 11 is 5.86. The lowest BCUT2D eigenvalue weighted by Crippen LogP contribution is -2.13. The normalized spacial score (nSPS) is 12.3. The minimum absolute atomic E-state index is 0.176. The van der Waals surface area contributed by atoms with Gasteiger partial charge in [-0.1, -0.05) is 23.7 Å². The summed E-state index contributed by atoms with van der Waals surface area (Å²) in [7, 11) is 0. The van der Waals surface area contributed by atoms with Gasteiger partial charge >= 0.3 is 0 Å². The van der Waals surface area contributed by atoms with Gasteiger partial charge in [-0.3, -0.25) is 4.79 Å². The molecule has 0 saturated heterocycles. The SMILES string of the molecule is Cc1cc(C(C)Nc2ccc(Cl)nc2)c2oc(-c3cccc(C(F)F)n3)c(C)c(=O)c2c1. The van der Waals surface area contributed by atoms with Gasteiger partial charge in [0.05, 0.1) is 23.3 Å². The number of halogens is 3. The first-order chi connectivity index (χ1) is 15.2. The van der Waals surface area contributed by atoms with Crippen molar-refractivity contribution in [2.45, 2.75) is 33.2 Å². The summed E-state index contributed by atoms with van der Waals surface area (Å²) in [6.07, 6.45) is -1.11. The Morgan fingerprint density at radius 2 is 1.91 bits per heavy atom. The number of anilines is 1. The van der Waals surface area contributed by atoms with Crippen molar-refractivity contribution < 1.29 is 13.2 Å². The largest absolute Gasteiger partial charge is 0.454 e. The molecule has 0 saturated carbocycles. The molecule has 1 unspecified atom stereocenters. The van der Waals surface area contributed by atoms with Gasteiger partial charge in [0.1, 0.15) is 22.1 Å². The Balaban J connectivity index is 1.88. The van der Waals surface area contributed by atoms with E-state index in [1.165, 1.54) is 12.1 Å². The minimum atomic E-state index is -2.72. The summed E-state index contributed by atoms with van der Waals surface area (Å²) in [5, 5.41) is 4.13. The van der Waals surface area contributed by atoms with E-state index in [0.29, 0.717) is 21.7 Å². The molecule has 0 bridgehead atoms. The third kappa shape index (κ3) is 4.21. The van der Waals surface area contributed by atoms with Crippen LogP contribution in [0.15, 0.2) is 57.9 Å². The second-order valence-electron chi connectivity index (χ2n) is 7.60. The van der Waals surface area contributed by atoms with Gasteiger partial charge in [-0.25, -0.2) is 18.7 Å². The van der Waals surface area contributed by atoms with Crippen LogP contribution in [0.5, 0.6) is 0 Å². The summed E-state index contributed by atoms with van der Waals surface area (Å²) in [6.45, 7) is 5.44. The first-order valence-electron chi connectivity index (χ1n) is 9.96. The molecule has 0 aliphatic rings.